The molecule has 1 saturated carbocycles. The molecule has 0 bridgehead atoms. The van der Waals surface area contributed by atoms with Crippen LogP contribution in [0.25, 0.3) is 10.2 Å². The largest absolute Gasteiger partial charge is 0.381 e. The highest BCUT2D eigenvalue weighted by atomic mass is 32.1. The Morgan fingerprint density at radius 1 is 1.17 bits per heavy atom. The second-order valence-corrected chi connectivity index (χ2v) is 9.49. The Labute approximate surface area is 175 Å². The zero-order chi connectivity index (χ0) is 20.5. The monoisotopic (exact) mass is 418 g/mol. The lowest BCUT2D eigenvalue weighted by molar-refractivity contribution is -0.134. The minimum atomic E-state index is -0.00786. The lowest BCUT2D eigenvalue weighted by atomic mass is 9.85. The summed E-state index contributed by atoms with van der Waals surface area (Å²) in [6, 6.07) is 2.47. The topological polar surface area (TPSA) is 76.5 Å². The number of ether oxygens (including phenoxy) is 1. The fraction of sp³-hybridized carbons (Fsp3) is 0.667. The van der Waals surface area contributed by atoms with E-state index in [9.17, 15) is 9.59 Å². The normalized spacial score (nSPS) is 23.3. The number of hydrogen-bond donors (Lipinski definition) is 1. The number of amides is 2. The third-order valence-corrected chi connectivity index (χ3v) is 7.30. The molecule has 158 valence electrons. The maximum Gasteiger partial charge on any atom is 0.261 e. The number of nitrogens with zero attached hydrogens (tertiary/aromatic N) is 3. The summed E-state index contributed by atoms with van der Waals surface area (Å²) in [4.78, 5) is 28.5. The molecule has 0 atom stereocenters. The van der Waals surface area contributed by atoms with Crippen molar-refractivity contribution in [3.05, 3.63) is 16.6 Å². The third kappa shape index (κ3) is 4.19. The molecular weight excluding hydrogens is 388 g/mol. The predicted molar refractivity (Wildman–Crippen MR) is 113 cm³/mol. The Balaban J connectivity index is 1.42. The summed E-state index contributed by atoms with van der Waals surface area (Å²) in [5.74, 6) is 0.287. The van der Waals surface area contributed by atoms with Crippen molar-refractivity contribution in [2.24, 2.45) is 5.92 Å². The zero-order valence-corrected chi connectivity index (χ0v) is 18.3. The summed E-state index contributed by atoms with van der Waals surface area (Å²) in [7, 11) is 3.61. The number of fused-ring (bicyclic) bond motifs is 1. The van der Waals surface area contributed by atoms with Gasteiger partial charge in [0.25, 0.3) is 5.91 Å². The molecule has 0 radical (unpaired) electrons. The van der Waals surface area contributed by atoms with Crippen LogP contribution in [0.4, 0.5) is 0 Å². The van der Waals surface area contributed by atoms with Crippen molar-refractivity contribution in [3.8, 4) is 0 Å². The summed E-state index contributed by atoms with van der Waals surface area (Å²) in [6.45, 7) is 3.54. The molecule has 1 N–H and O–H groups in total. The fourth-order valence-electron chi connectivity index (χ4n) is 4.47. The third-order valence-electron chi connectivity index (χ3n) is 6.18. The van der Waals surface area contributed by atoms with E-state index < -0.39 is 0 Å². The van der Waals surface area contributed by atoms with Gasteiger partial charge in [-0.25, -0.2) is 0 Å². The second kappa shape index (κ2) is 8.44. The number of aromatic nitrogens is 2. The fourth-order valence-corrected chi connectivity index (χ4v) is 5.60. The highest BCUT2D eigenvalue weighted by molar-refractivity contribution is 7.20. The average Bonchev–Trinajstić information content (AvgIpc) is 3.29. The predicted octanol–water partition coefficient (Wildman–Crippen LogP) is 3.13. The molecule has 2 aromatic rings. The van der Waals surface area contributed by atoms with Gasteiger partial charge in [-0.15, -0.1) is 11.3 Å². The van der Waals surface area contributed by atoms with Crippen molar-refractivity contribution in [2.75, 3.05) is 27.3 Å². The van der Waals surface area contributed by atoms with Crippen molar-refractivity contribution in [1.82, 2.24) is 20.0 Å². The minimum Gasteiger partial charge on any atom is -0.381 e. The number of carbonyl (C=O) groups is 2. The first-order chi connectivity index (χ1) is 13.9. The molecule has 2 fully saturated rings. The lowest BCUT2D eigenvalue weighted by Gasteiger charge is -2.29. The summed E-state index contributed by atoms with van der Waals surface area (Å²) < 4.78 is 7.58. The highest BCUT2D eigenvalue weighted by Crippen LogP contribution is 2.33. The van der Waals surface area contributed by atoms with Gasteiger partial charge < -0.3 is 15.0 Å². The Morgan fingerprint density at radius 3 is 2.52 bits per heavy atom. The lowest BCUT2D eigenvalue weighted by Crippen LogP contribution is -2.40. The molecule has 1 saturated heterocycles. The number of hydrogen-bond acceptors (Lipinski definition) is 5. The molecule has 0 spiro atoms. The van der Waals surface area contributed by atoms with E-state index in [1.807, 2.05) is 13.0 Å². The number of thiophene rings is 1. The van der Waals surface area contributed by atoms with Gasteiger partial charge in [0.05, 0.1) is 16.6 Å². The van der Waals surface area contributed by atoms with Gasteiger partial charge >= 0.3 is 0 Å². The van der Waals surface area contributed by atoms with Crippen molar-refractivity contribution in [2.45, 2.75) is 57.5 Å². The van der Waals surface area contributed by atoms with E-state index in [0.29, 0.717) is 6.04 Å². The molecule has 2 amide bonds. The van der Waals surface area contributed by atoms with Crippen LogP contribution in [0, 0.1) is 12.8 Å². The maximum atomic E-state index is 12.9. The molecule has 3 heterocycles. The van der Waals surface area contributed by atoms with Crippen molar-refractivity contribution >= 4 is 33.4 Å². The van der Waals surface area contributed by atoms with Crippen LogP contribution in [0.15, 0.2) is 6.07 Å². The zero-order valence-electron chi connectivity index (χ0n) is 17.4. The Kier molecular flexibility index (Phi) is 5.92. The molecule has 8 heteroatoms. The van der Waals surface area contributed by atoms with Gasteiger partial charge in [-0.3, -0.25) is 14.3 Å². The molecule has 0 unspecified atom stereocenters. The van der Waals surface area contributed by atoms with Gasteiger partial charge in [0.2, 0.25) is 5.91 Å². The van der Waals surface area contributed by atoms with E-state index >= 15 is 0 Å². The summed E-state index contributed by atoms with van der Waals surface area (Å²) in [5.41, 5.74) is 0.976. The maximum absolute atomic E-state index is 12.9. The van der Waals surface area contributed by atoms with Crippen molar-refractivity contribution in [1.29, 1.82) is 0 Å². The van der Waals surface area contributed by atoms with E-state index in [4.69, 9.17) is 9.84 Å². The molecular formula is C21H30N4O3S. The molecule has 2 aromatic heterocycles. The second-order valence-electron chi connectivity index (χ2n) is 8.46. The first kappa shape index (κ1) is 20.3. The first-order valence-electron chi connectivity index (χ1n) is 10.5. The molecule has 1 aliphatic heterocycles. The van der Waals surface area contributed by atoms with Gasteiger partial charge in [-0.2, -0.15) is 5.10 Å². The summed E-state index contributed by atoms with van der Waals surface area (Å²) in [6.07, 6.45) is 5.32. The van der Waals surface area contributed by atoms with Crippen LogP contribution in [0.1, 0.15) is 59.9 Å². The molecule has 4 rings (SSSR count). The number of carbonyl (C=O) groups excluding carboxylic acids is 2. The Morgan fingerprint density at radius 2 is 1.86 bits per heavy atom. The van der Waals surface area contributed by atoms with Crippen molar-refractivity contribution < 1.29 is 14.3 Å². The number of aryl methyl sites for hydroxylation is 1. The first-order valence-corrected chi connectivity index (χ1v) is 11.3. The SMILES string of the molecule is Cc1nn(C2CCOCC2)c2sc(C(=O)N[C@H]3CC[C@H](C(=O)N(C)C)CC3)cc12. The Hall–Kier alpha value is -1.93. The van der Waals surface area contributed by atoms with Crippen LogP contribution in [0.3, 0.4) is 0 Å². The van der Waals surface area contributed by atoms with E-state index in [1.165, 1.54) is 11.3 Å². The Bertz CT molecular complexity index is 889. The smallest absolute Gasteiger partial charge is 0.261 e. The summed E-state index contributed by atoms with van der Waals surface area (Å²) in [5, 5.41) is 9.00. The van der Waals surface area contributed by atoms with Crippen LogP contribution in [-0.2, 0) is 9.53 Å². The van der Waals surface area contributed by atoms with Gasteiger partial charge in [0.15, 0.2) is 0 Å². The van der Waals surface area contributed by atoms with Crippen LogP contribution < -0.4 is 5.32 Å². The van der Waals surface area contributed by atoms with E-state index in [2.05, 4.69) is 10.00 Å². The van der Waals surface area contributed by atoms with Crippen LogP contribution in [0.5, 0.6) is 0 Å². The average molecular weight is 419 g/mol. The number of nitrogens with one attached hydrogen (secondary N) is 1. The van der Waals surface area contributed by atoms with E-state index in [-0.39, 0.29) is 23.8 Å². The van der Waals surface area contributed by atoms with Gasteiger partial charge in [0, 0.05) is 44.7 Å². The number of rotatable bonds is 4. The molecule has 0 aromatic carbocycles. The summed E-state index contributed by atoms with van der Waals surface area (Å²) >= 11 is 1.53. The van der Waals surface area contributed by atoms with Crippen LogP contribution in [-0.4, -0.2) is 59.8 Å². The van der Waals surface area contributed by atoms with E-state index in [0.717, 1.165) is 72.5 Å². The molecule has 1 aliphatic carbocycles. The van der Waals surface area contributed by atoms with Gasteiger partial charge in [-0.05, 0) is 51.5 Å². The highest BCUT2D eigenvalue weighted by Gasteiger charge is 2.29. The standard InChI is InChI=1S/C21H30N4O3S/c1-13-17-12-18(29-21(17)25(23-13)16-8-10-28-11-9-16)19(26)22-15-6-4-14(5-7-15)20(27)24(2)3/h12,14-16H,4-11H2,1-3H3,(H,22,26)/t14-,15-. The van der Waals surface area contributed by atoms with Gasteiger partial charge in [0.1, 0.15) is 4.83 Å². The molecule has 29 heavy (non-hydrogen) atoms. The van der Waals surface area contributed by atoms with Crippen molar-refractivity contribution in [3.63, 3.8) is 0 Å². The van der Waals surface area contributed by atoms with E-state index in [1.54, 1.807) is 19.0 Å². The molecule has 2 aliphatic rings. The molecule has 7 nitrogen and oxygen atoms in total. The van der Waals surface area contributed by atoms with Crippen LogP contribution >= 0.6 is 11.3 Å². The van der Waals surface area contributed by atoms with Crippen LogP contribution in [0.2, 0.25) is 0 Å². The quantitative estimate of drug-likeness (QED) is 0.828. The minimum absolute atomic E-state index is 0.00786. The van der Waals surface area contributed by atoms with Gasteiger partial charge in [-0.1, -0.05) is 0 Å².